The molecule has 0 bridgehead atoms. The van der Waals surface area contributed by atoms with Crippen molar-refractivity contribution in [3.63, 3.8) is 0 Å². The van der Waals surface area contributed by atoms with E-state index in [1.54, 1.807) is 7.05 Å². The van der Waals surface area contributed by atoms with Gasteiger partial charge in [0.05, 0.1) is 5.41 Å². The van der Waals surface area contributed by atoms with Crippen LogP contribution >= 0.6 is 0 Å². The molecule has 0 atom stereocenters. The van der Waals surface area contributed by atoms with Gasteiger partial charge in [0.1, 0.15) is 0 Å². The molecule has 0 spiro atoms. The summed E-state index contributed by atoms with van der Waals surface area (Å²) in [5, 5.41) is 5.73. The highest BCUT2D eigenvalue weighted by Crippen LogP contribution is 2.60. The fraction of sp³-hybridized carbons (Fsp3) is 0.867. The molecular formula is C15H28N2O2. The van der Waals surface area contributed by atoms with Crippen LogP contribution in [0.4, 0.5) is 0 Å². The molecule has 0 aromatic carbocycles. The van der Waals surface area contributed by atoms with Gasteiger partial charge in [0, 0.05) is 20.0 Å². The molecule has 0 heterocycles. The number of carbonyl (C=O) groups excluding carboxylic acids is 2. The Morgan fingerprint density at radius 2 is 1.84 bits per heavy atom. The highest BCUT2D eigenvalue weighted by molar-refractivity contribution is 5.86. The van der Waals surface area contributed by atoms with Crippen molar-refractivity contribution in [1.82, 2.24) is 10.6 Å². The molecule has 1 fully saturated rings. The molecule has 4 nitrogen and oxygen atoms in total. The van der Waals surface area contributed by atoms with Crippen LogP contribution in [0.3, 0.4) is 0 Å². The normalized spacial score (nSPS) is 17.2. The number of rotatable bonds is 7. The van der Waals surface area contributed by atoms with E-state index in [4.69, 9.17) is 0 Å². The molecule has 0 unspecified atom stereocenters. The lowest BCUT2D eigenvalue weighted by Gasteiger charge is -2.33. The maximum absolute atomic E-state index is 12.0. The zero-order valence-electron chi connectivity index (χ0n) is 12.9. The van der Waals surface area contributed by atoms with Gasteiger partial charge in [-0.1, -0.05) is 27.7 Å². The molecule has 1 aliphatic carbocycles. The summed E-state index contributed by atoms with van der Waals surface area (Å²) in [5.74, 6) is 0.634. The minimum absolute atomic E-state index is 0.0712. The van der Waals surface area contributed by atoms with Crippen LogP contribution in [0.15, 0.2) is 0 Å². The molecule has 2 amide bonds. The summed E-state index contributed by atoms with van der Waals surface area (Å²) in [6, 6.07) is 0. The summed E-state index contributed by atoms with van der Waals surface area (Å²) in [4.78, 5) is 23.6. The van der Waals surface area contributed by atoms with Gasteiger partial charge in [0.25, 0.3) is 0 Å². The van der Waals surface area contributed by atoms with Gasteiger partial charge in [0.2, 0.25) is 11.8 Å². The second-order valence-corrected chi connectivity index (χ2v) is 6.74. The summed E-state index contributed by atoms with van der Waals surface area (Å²) in [6.07, 6.45) is 3.32. The first kappa shape index (κ1) is 16.0. The first-order valence-electron chi connectivity index (χ1n) is 7.24. The Morgan fingerprint density at radius 1 is 1.26 bits per heavy atom. The Labute approximate surface area is 116 Å². The molecule has 1 rings (SSSR count). The van der Waals surface area contributed by atoms with Crippen molar-refractivity contribution >= 4 is 11.8 Å². The van der Waals surface area contributed by atoms with E-state index in [1.807, 2.05) is 13.8 Å². The SMILES string of the molecule is CNC(=O)C1(C(C)(C)CCNC(=O)CC(C)C)CC1. The highest BCUT2D eigenvalue weighted by Gasteiger charge is 2.58. The third-order valence-electron chi connectivity index (χ3n) is 4.37. The smallest absolute Gasteiger partial charge is 0.226 e. The van der Waals surface area contributed by atoms with E-state index in [2.05, 4.69) is 24.5 Å². The summed E-state index contributed by atoms with van der Waals surface area (Å²) in [7, 11) is 1.70. The van der Waals surface area contributed by atoms with Gasteiger partial charge in [-0.2, -0.15) is 0 Å². The molecular weight excluding hydrogens is 240 g/mol. The molecule has 0 aromatic heterocycles. The first-order chi connectivity index (χ1) is 8.75. The number of nitrogens with one attached hydrogen (secondary N) is 2. The van der Waals surface area contributed by atoms with Crippen molar-refractivity contribution < 1.29 is 9.59 Å². The molecule has 110 valence electrons. The van der Waals surface area contributed by atoms with Crippen molar-refractivity contribution in [2.75, 3.05) is 13.6 Å². The lowest BCUT2D eigenvalue weighted by Crippen LogP contribution is -2.41. The van der Waals surface area contributed by atoms with Crippen LogP contribution < -0.4 is 10.6 Å². The molecule has 0 aliphatic heterocycles. The van der Waals surface area contributed by atoms with E-state index < -0.39 is 0 Å². The number of hydrogen-bond donors (Lipinski definition) is 2. The molecule has 0 aromatic rings. The molecule has 2 N–H and O–H groups in total. The van der Waals surface area contributed by atoms with E-state index in [9.17, 15) is 9.59 Å². The predicted molar refractivity (Wildman–Crippen MR) is 76.6 cm³/mol. The summed E-state index contributed by atoms with van der Waals surface area (Å²) in [6.45, 7) is 8.98. The van der Waals surface area contributed by atoms with Crippen molar-refractivity contribution in [2.24, 2.45) is 16.7 Å². The van der Waals surface area contributed by atoms with Crippen molar-refractivity contribution in [2.45, 2.75) is 53.4 Å². The Morgan fingerprint density at radius 3 is 2.26 bits per heavy atom. The van der Waals surface area contributed by atoms with Gasteiger partial charge in [-0.3, -0.25) is 9.59 Å². The quantitative estimate of drug-likeness (QED) is 0.743. The standard InChI is InChI=1S/C15H28N2O2/c1-11(2)10-12(18)17-9-8-14(3,4)15(6-7-15)13(19)16-5/h11H,6-10H2,1-5H3,(H,16,19)(H,17,18). The lowest BCUT2D eigenvalue weighted by atomic mass is 9.72. The first-order valence-corrected chi connectivity index (χ1v) is 7.24. The third-order valence-corrected chi connectivity index (χ3v) is 4.37. The van der Waals surface area contributed by atoms with Crippen LogP contribution in [0.25, 0.3) is 0 Å². The lowest BCUT2D eigenvalue weighted by molar-refractivity contribution is -0.130. The van der Waals surface area contributed by atoms with Gasteiger partial charge < -0.3 is 10.6 Å². The average molecular weight is 268 g/mol. The zero-order chi connectivity index (χ0) is 14.7. The second-order valence-electron chi connectivity index (χ2n) is 6.74. The van der Waals surface area contributed by atoms with Crippen LogP contribution in [0.1, 0.15) is 53.4 Å². The maximum atomic E-state index is 12.0. The highest BCUT2D eigenvalue weighted by atomic mass is 16.2. The topological polar surface area (TPSA) is 58.2 Å². The molecule has 4 heteroatoms. The predicted octanol–water partition coefficient (Wildman–Crippen LogP) is 2.09. The van der Waals surface area contributed by atoms with Gasteiger partial charge >= 0.3 is 0 Å². The minimum Gasteiger partial charge on any atom is -0.359 e. The van der Waals surface area contributed by atoms with Gasteiger partial charge in [-0.05, 0) is 30.6 Å². The zero-order valence-corrected chi connectivity index (χ0v) is 12.9. The fourth-order valence-electron chi connectivity index (χ4n) is 2.77. The van der Waals surface area contributed by atoms with Crippen LogP contribution in [-0.2, 0) is 9.59 Å². The summed E-state index contributed by atoms with van der Waals surface area (Å²) < 4.78 is 0. The number of hydrogen-bond acceptors (Lipinski definition) is 2. The molecule has 0 radical (unpaired) electrons. The van der Waals surface area contributed by atoms with Crippen LogP contribution in [0, 0.1) is 16.7 Å². The van der Waals surface area contributed by atoms with E-state index in [1.165, 1.54) is 0 Å². The molecule has 1 aliphatic rings. The number of amides is 2. The van der Waals surface area contributed by atoms with Crippen LogP contribution in [-0.4, -0.2) is 25.4 Å². The van der Waals surface area contributed by atoms with Gasteiger partial charge in [-0.15, -0.1) is 0 Å². The van der Waals surface area contributed by atoms with Crippen molar-refractivity contribution in [1.29, 1.82) is 0 Å². The van der Waals surface area contributed by atoms with Crippen LogP contribution in [0.5, 0.6) is 0 Å². The largest absolute Gasteiger partial charge is 0.359 e. The monoisotopic (exact) mass is 268 g/mol. The van der Waals surface area contributed by atoms with Crippen molar-refractivity contribution in [3.8, 4) is 0 Å². The van der Waals surface area contributed by atoms with Gasteiger partial charge in [-0.25, -0.2) is 0 Å². The Hall–Kier alpha value is -1.06. The molecule has 1 saturated carbocycles. The Bertz CT molecular complexity index is 344. The Balaban J connectivity index is 2.44. The van der Waals surface area contributed by atoms with Crippen molar-refractivity contribution in [3.05, 3.63) is 0 Å². The Kier molecular flexibility index (Phi) is 4.99. The van der Waals surface area contributed by atoms with Crippen LogP contribution in [0.2, 0.25) is 0 Å². The van der Waals surface area contributed by atoms with E-state index in [0.29, 0.717) is 18.9 Å². The van der Waals surface area contributed by atoms with E-state index in [0.717, 1.165) is 19.3 Å². The van der Waals surface area contributed by atoms with E-state index >= 15 is 0 Å². The number of carbonyl (C=O) groups is 2. The summed E-state index contributed by atoms with van der Waals surface area (Å²) in [5.41, 5.74) is -0.289. The summed E-state index contributed by atoms with van der Waals surface area (Å²) >= 11 is 0. The van der Waals surface area contributed by atoms with Gasteiger partial charge in [0.15, 0.2) is 0 Å². The third kappa shape index (κ3) is 3.71. The fourth-order valence-corrected chi connectivity index (χ4v) is 2.77. The molecule has 19 heavy (non-hydrogen) atoms. The van der Waals surface area contributed by atoms with E-state index in [-0.39, 0.29) is 22.6 Å². The maximum Gasteiger partial charge on any atom is 0.226 e. The average Bonchev–Trinajstić information content (AvgIpc) is 3.08. The minimum atomic E-state index is -0.218. The second kappa shape index (κ2) is 5.93. The molecule has 0 saturated heterocycles.